The molecule has 200 valence electrons. The smallest absolute Gasteiger partial charge is 0.264 e. The number of furan rings is 1. The van der Waals surface area contributed by atoms with Crippen molar-refractivity contribution in [1.82, 2.24) is 14.0 Å². The first-order valence-corrected chi connectivity index (χ1v) is 14.4. The molecule has 0 saturated heterocycles. The van der Waals surface area contributed by atoms with Crippen molar-refractivity contribution in [3.63, 3.8) is 0 Å². The minimum Gasteiger partial charge on any atom is -0.454 e. The summed E-state index contributed by atoms with van der Waals surface area (Å²) in [6.45, 7) is 0. The average Bonchev–Trinajstić information content (AvgIpc) is 3.74. The third-order valence-corrected chi connectivity index (χ3v) is 8.88. The highest BCUT2D eigenvalue weighted by Gasteiger charge is 2.24. The maximum absolute atomic E-state index is 14.1. The van der Waals surface area contributed by atoms with E-state index in [1.165, 1.54) is 0 Å². The largest absolute Gasteiger partial charge is 0.454 e. The Balaban J connectivity index is 1.46. The van der Waals surface area contributed by atoms with Crippen LogP contribution in [0.5, 0.6) is 0 Å². The van der Waals surface area contributed by atoms with Crippen LogP contribution in [0.4, 0.5) is 0 Å². The van der Waals surface area contributed by atoms with Crippen LogP contribution in [0.3, 0.4) is 0 Å². The summed E-state index contributed by atoms with van der Waals surface area (Å²) in [6.07, 6.45) is 0. The SMILES string of the molecule is O=c1c2ccccc2c2c(-n3c4ccccc4c4ccc5c6ccccc6oc5c43)ccc3nc(-c4ccccc4)n1c32. The third-order valence-electron chi connectivity index (χ3n) is 8.88. The molecule has 4 heterocycles. The van der Waals surface area contributed by atoms with Crippen LogP contribution >= 0.6 is 0 Å². The summed E-state index contributed by atoms with van der Waals surface area (Å²) in [4.78, 5) is 19.2. The van der Waals surface area contributed by atoms with Gasteiger partial charge in [-0.15, -0.1) is 0 Å². The fraction of sp³-hybridized carbons (Fsp3) is 0. The number of hydrogen-bond acceptors (Lipinski definition) is 3. The van der Waals surface area contributed by atoms with E-state index in [1.54, 1.807) is 4.40 Å². The number of nitrogens with zero attached hydrogens (tertiary/aromatic N) is 3. The van der Waals surface area contributed by atoms with Crippen LogP contribution in [0.1, 0.15) is 0 Å². The van der Waals surface area contributed by atoms with Gasteiger partial charge >= 0.3 is 0 Å². The van der Waals surface area contributed by atoms with E-state index in [-0.39, 0.29) is 5.56 Å². The van der Waals surface area contributed by atoms with E-state index < -0.39 is 0 Å². The fourth-order valence-electron chi connectivity index (χ4n) is 7.08. The quantitative estimate of drug-likeness (QED) is 0.201. The van der Waals surface area contributed by atoms with Gasteiger partial charge in [0, 0.05) is 37.9 Å². The molecule has 0 aliphatic heterocycles. The predicted octanol–water partition coefficient (Wildman–Crippen LogP) is 9.10. The third kappa shape index (κ3) is 2.85. The number of pyridine rings is 1. The van der Waals surface area contributed by atoms with Gasteiger partial charge in [-0.2, -0.15) is 0 Å². The van der Waals surface area contributed by atoms with Crippen molar-refractivity contribution in [2.24, 2.45) is 0 Å². The zero-order valence-electron chi connectivity index (χ0n) is 22.8. The normalized spacial score (nSPS) is 12.3. The Bertz CT molecular complexity index is 2800. The molecule has 0 fully saturated rings. The number of hydrogen-bond donors (Lipinski definition) is 0. The van der Waals surface area contributed by atoms with E-state index in [0.717, 1.165) is 76.8 Å². The molecular weight excluding hydrogens is 530 g/mol. The molecule has 0 aliphatic rings. The summed E-state index contributed by atoms with van der Waals surface area (Å²) >= 11 is 0. The van der Waals surface area contributed by atoms with E-state index in [9.17, 15) is 4.79 Å². The Morgan fingerprint density at radius 2 is 1.26 bits per heavy atom. The maximum Gasteiger partial charge on any atom is 0.264 e. The fourth-order valence-corrected chi connectivity index (χ4v) is 7.08. The zero-order valence-corrected chi connectivity index (χ0v) is 22.8. The van der Waals surface area contributed by atoms with Gasteiger partial charge < -0.3 is 8.98 Å². The molecule has 0 atom stereocenters. The molecule has 0 aliphatic carbocycles. The summed E-state index contributed by atoms with van der Waals surface area (Å²) in [5.74, 6) is 0.649. The number of rotatable bonds is 2. The van der Waals surface area contributed by atoms with Crippen molar-refractivity contribution >= 4 is 70.9 Å². The highest BCUT2D eigenvalue weighted by molar-refractivity contribution is 6.23. The Hall–Kier alpha value is -5.94. The molecule has 0 amide bonds. The molecule has 0 spiro atoms. The van der Waals surface area contributed by atoms with Gasteiger partial charge in [0.15, 0.2) is 5.58 Å². The monoisotopic (exact) mass is 551 g/mol. The standard InChI is InChI=1S/C38H21N3O2/c42-38-28-15-5-4-14-25(28)33-31(21-20-29-35(33)41(38)37(39-29)22-10-2-1-3-11-22)40-30-16-8-6-12-23(30)26-18-19-27-24-13-7-9-17-32(24)43-36(27)34(26)40/h1-21H. The summed E-state index contributed by atoms with van der Waals surface area (Å²) in [5.41, 5.74) is 7.22. The van der Waals surface area contributed by atoms with Crippen molar-refractivity contribution in [2.75, 3.05) is 0 Å². The summed E-state index contributed by atoms with van der Waals surface area (Å²) in [6, 6.07) is 43.1. The van der Waals surface area contributed by atoms with Gasteiger partial charge in [0.1, 0.15) is 11.4 Å². The van der Waals surface area contributed by atoms with Crippen LogP contribution < -0.4 is 5.56 Å². The average molecular weight is 552 g/mol. The van der Waals surface area contributed by atoms with Gasteiger partial charge in [-0.3, -0.25) is 9.20 Å². The van der Waals surface area contributed by atoms with Gasteiger partial charge in [-0.25, -0.2) is 4.98 Å². The van der Waals surface area contributed by atoms with Crippen molar-refractivity contribution in [3.05, 3.63) is 138 Å². The summed E-state index contributed by atoms with van der Waals surface area (Å²) in [5, 5.41) is 6.98. The molecule has 10 aromatic rings. The van der Waals surface area contributed by atoms with Crippen LogP contribution in [0.25, 0.3) is 88.0 Å². The Kier molecular flexibility index (Phi) is 4.27. The second-order valence-electron chi connectivity index (χ2n) is 11.1. The first-order chi connectivity index (χ1) is 21.3. The van der Waals surface area contributed by atoms with E-state index in [4.69, 9.17) is 9.40 Å². The molecule has 0 radical (unpaired) electrons. The van der Waals surface area contributed by atoms with Crippen LogP contribution in [0.2, 0.25) is 0 Å². The van der Waals surface area contributed by atoms with Crippen LogP contribution in [-0.2, 0) is 0 Å². The van der Waals surface area contributed by atoms with Gasteiger partial charge in [0.2, 0.25) is 0 Å². The molecular formula is C38H21N3O2. The lowest BCUT2D eigenvalue weighted by molar-refractivity contribution is 0.671. The molecule has 43 heavy (non-hydrogen) atoms. The van der Waals surface area contributed by atoms with Gasteiger partial charge in [0.05, 0.1) is 27.8 Å². The Morgan fingerprint density at radius 3 is 2.12 bits per heavy atom. The molecule has 6 aromatic carbocycles. The topological polar surface area (TPSA) is 52.4 Å². The van der Waals surface area contributed by atoms with Crippen molar-refractivity contribution in [3.8, 4) is 17.1 Å². The first kappa shape index (κ1) is 22.7. The van der Waals surface area contributed by atoms with Gasteiger partial charge in [0.25, 0.3) is 5.56 Å². The molecule has 10 rings (SSSR count). The van der Waals surface area contributed by atoms with E-state index in [1.807, 2.05) is 66.7 Å². The van der Waals surface area contributed by atoms with Crippen LogP contribution in [0.15, 0.2) is 137 Å². The van der Waals surface area contributed by atoms with Crippen LogP contribution in [0, 0.1) is 0 Å². The number of aromatic nitrogens is 3. The zero-order chi connectivity index (χ0) is 28.2. The van der Waals surface area contributed by atoms with Crippen molar-refractivity contribution < 1.29 is 4.42 Å². The van der Waals surface area contributed by atoms with E-state index >= 15 is 0 Å². The predicted molar refractivity (Wildman–Crippen MR) is 175 cm³/mol. The van der Waals surface area contributed by atoms with Gasteiger partial charge in [-0.05, 0) is 41.8 Å². The summed E-state index contributed by atoms with van der Waals surface area (Å²) < 4.78 is 10.7. The van der Waals surface area contributed by atoms with Gasteiger partial charge in [-0.1, -0.05) is 91.0 Å². The van der Waals surface area contributed by atoms with Crippen LogP contribution in [-0.4, -0.2) is 14.0 Å². The maximum atomic E-state index is 14.1. The lowest BCUT2D eigenvalue weighted by Crippen LogP contribution is -2.15. The van der Waals surface area contributed by atoms with Crippen molar-refractivity contribution in [2.45, 2.75) is 0 Å². The molecule has 0 unspecified atom stereocenters. The summed E-state index contributed by atoms with van der Waals surface area (Å²) in [7, 11) is 0. The minimum absolute atomic E-state index is 0.0662. The lowest BCUT2D eigenvalue weighted by Gasteiger charge is -2.14. The highest BCUT2D eigenvalue weighted by atomic mass is 16.3. The molecule has 0 N–H and O–H groups in total. The second kappa shape index (κ2) is 8.08. The first-order valence-electron chi connectivity index (χ1n) is 14.4. The molecule has 0 saturated carbocycles. The minimum atomic E-state index is -0.0662. The molecule has 4 aromatic heterocycles. The second-order valence-corrected chi connectivity index (χ2v) is 11.1. The van der Waals surface area contributed by atoms with Crippen molar-refractivity contribution in [1.29, 1.82) is 0 Å². The van der Waals surface area contributed by atoms with E-state index in [2.05, 4.69) is 65.2 Å². The number of benzene rings is 6. The molecule has 5 nitrogen and oxygen atoms in total. The number of para-hydroxylation sites is 2. The number of imidazole rings is 1. The highest BCUT2D eigenvalue weighted by Crippen LogP contribution is 2.43. The number of fused-ring (bicyclic) bond motifs is 9. The molecule has 5 heteroatoms. The lowest BCUT2D eigenvalue weighted by atomic mass is 10.0. The molecule has 0 bridgehead atoms. The Labute approximate surface area is 243 Å². The van der Waals surface area contributed by atoms with E-state index in [0.29, 0.717) is 11.2 Å². The Morgan fingerprint density at radius 1 is 0.558 bits per heavy atom.